The minimum atomic E-state index is -0.561. The number of ether oxygens (including phenoxy) is 1. The number of halogens is 1. The van der Waals surface area contributed by atoms with Gasteiger partial charge in [-0.05, 0) is 61.5 Å². The summed E-state index contributed by atoms with van der Waals surface area (Å²) in [5.41, 5.74) is 1.56. The third-order valence-electron chi connectivity index (χ3n) is 4.52. The van der Waals surface area contributed by atoms with Gasteiger partial charge in [-0.3, -0.25) is 14.6 Å². The fraction of sp³-hybridized carbons (Fsp3) is 0.0833. The van der Waals surface area contributed by atoms with Crippen LogP contribution in [0.4, 0.5) is 15.8 Å². The summed E-state index contributed by atoms with van der Waals surface area (Å²) in [6.07, 6.45) is 1.49. The first-order valence-electron chi connectivity index (χ1n) is 10.1. The van der Waals surface area contributed by atoms with Gasteiger partial charge in [0, 0.05) is 17.1 Å². The van der Waals surface area contributed by atoms with Crippen molar-refractivity contribution >= 4 is 34.5 Å². The van der Waals surface area contributed by atoms with Crippen LogP contribution in [0.5, 0.6) is 5.75 Å². The Morgan fingerprint density at radius 3 is 2.45 bits per heavy atom. The number of hydrogen-bond donors (Lipinski definition) is 2. The van der Waals surface area contributed by atoms with Gasteiger partial charge in [-0.1, -0.05) is 6.07 Å². The summed E-state index contributed by atoms with van der Waals surface area (Å²) < 4.78 is 19.3. The van der Waals surface area contributed by atoms with Crippen LogP contribution in [-0.2, 0) is 0 Å². The molecule has 2 aromatic heterocycles. The lowest BCUT2D eigenvalue weighted by Gasteiger charge is -2.12. The minimum absolute atomic E-state index is 0.111. The van der Waals surface area contributed by atoms with E-state index >= 15 is 0 Å². The second-order valence-corrected chi connectivity index (χ2v) is 7.67. The Morgan fingerprint density at radius 2 is 1.73 bits per heavy atom. The van der Waals surface area contributed by atoms with E-state index in [1.54, 1.807) is 23.6 Å². The summed E-state index contributed by atoms with van der Waals surface area (Å²) in [7, 11) is 0. The highest BCUT2D eigenvalue weighted by molar-refractivity contribution is 7.13. The van der Waals surface area contributed by atoms with Gasteiger partial charge in [-0.15, -0.1) is 11.3 Å². The molecule has 0 radical (unpaired) electrons. The summed E-state index contributed by atoms with van der Waals surface area (Å²) >= 11 is 1.31. The van der Waals surface area contributed by atoms with E-state index in [0.29, 0.717) is 11.6 Å². The van der Waals surface area contributed by atoms with Crippen molar-refractivity contribution in [2.45, 2.75) is 6.92 Å². The van der Waals surface area contributed by atoms with Gasteiger partial charge in [0.15, 0.2) is 0 Å². The number of pyridine rings is 1. The normalized spacial score (nSPS) is 10.5. The molecule has 0 saturated heterocycles. The average Bonchev–Trinajstić information content (AvgIpc) is 3.33. The predicted molar refractivity (Wildman–Crippen MR) is 125 cm³/mol. The highest BCUT2D eigenvalue weighted by Gasteiger charge is 2.16. The Bertz CT molecular complexity index is 1280. The van der Waals surface area contributed by atoms with Crippen molar-refractivity contribution < 1.29 is 18.7 Å². The number of carbonyl (C=O) groups is 2. The standard InChI is InChI=1S/C24H19FN4O3S/c1-2-32-17-9-6-15(7-10-17)24-29-21(14-33-24)23(31)28-20-13-16(25)8-11-18(20)27-22(30)19-5-3-4-12-26-19/h3-14H,2H2,1H3,(H,27,30)(H,28,31). The van der Waals surface area contributed by atoms with Crippen LogP contribution >= 0.6 is 11.3 Å². The monoisotopic (exact) mass is 462 g/mol. The third-order valence-corrected chi connectivity index (χ3v) is 5.42. The first-order valence-corrected chi connectivity index (χ1v) is 10.9. The minimum Gasteiger partial charge on any atom is -0.494 e. The molecule has 2 heterocycles. The Kier molecular flexibility index (Phi) is 6.70. The number of anilines is 2. The quantitative estimate of drug-likeness (QED) is 0.391. The summed E-state index contributed by atoms with van der Waals surface area (Å²) in [5, 5.41) is 7.55. The van der Waals surface area contributed by atoms with Crippen LogP contribution in [0.1, 0.15) is 27.9 Å². The number of hydrogen-bond acceptors (Lipinski definition) is 6. The number of thiazole rings is 1. The Balaban J connectivity index is 1.50. The first-order chi connectivity index (χ1) is 16.0. The molecule has 0 spiro atoms. The molecule has 9 heteroatoms. The Hall–Kier alpha value is -4.11. The maximum atomic E-state index is 13.9. The van der Waals surface area contributed by atoms with Crippen LogP contribution in [-0.4, -0.2) is 28.4 Å². The number of rotatable bonds is 7. The number of benzene rings is 2. The van der Waals surface area contributed by atoms with Crippen molar-refractivity contribution in [3.8, 4) is 16.3 Å². The number of amides is 2. The second kappa shape index (κ2) is 10.0. The number of nitrogens with zero attached hydrogens (tertiary/aromatic N) is 2. The Labute approximate surface area is 193 Å². The van der Waals surface area contributed by atoms with Gasteiger partial charge in [0.05, 0.1) is 18.0 Å². The zero-order valence-electron chi connectivity index (χ0n) is 17.5. The maximum absolute atomic E-state index is 13.9. The molecular weight excluding hydrogens is 443 g/mol. The number of aromatic nitrogens is 2. The van der Waals surface area contributed by atoms with Crippen molar-refractivity contribution in [2.75, 3.05) is 17.2 Å². The predicted octanol–water partition coefficient (Wildman–Crippen LogP) is 5.25. The van der Waals surface area contributed by atoms with Crippen LogP contribution in [0.15, 0.2) is 72.2 Å². The van der Waals surface area contributed by atoms with Crippen LogP contribution < -0.4 is 15.4 Å². The summed E-state index contributed by atoms with van der Waals surface area (Å²) in [4.78, 5) is 33.6. The van der Waals surface area contributed by atoms with Gasteiger partial charge >= 0.3 is 0 Å². The molecule has 4 rings (SSSR count). The van der Waals surface area contributed by atoms with E-state index in [4.69, 9.17) is 4.74 Å². The van der Waals surface area contributed by atoms with Crippen LogP contribution in [0.3, 0.4) is 0 Å². The zero-order chi connectivity index (χ0) is 23.2. The van der Waals surface area contributed by atoms with E-state index in [0.717, 1.165) is 17.4 Å². The van der Waals surface area contributed by atoms with E-state index < -0.39 is 17.6 Å². The lowest BCUT2D eigenvalue weighted by Crippen LogP contribution is -2.18. The molecule has 33 heavy (non-hydrogen) atoms. The highest BCUT2D eigenvalue weighted by atomic mass is 32.1. The lowest BCUT2D eigenvalue weighted by atomic mass is 10.2. The van der Waals surface area contributed by atoms with E-state index in [-0.39, 0.29) is 22.8 Å². The van der Waals surface area contributed by atoms with E-state index in [9.17, 15) is 14.0 Å². The third kappa shape index (κ3) is 5.39. The molecule has 2 aromatic carbocycles. The maximum Gasteiger partial charge on any atom is 0.275 e. The van der Waals surface area contributed by atoms with Crippen molar-refractivity contribution in [2.24, 2.45) is 0 Å². The largest absolute Gasteiger partial charge is 0.494 e. The summed E-state index contributed by atoms with van der Waals surface area (Å²) in [5.74, 6) is -0.817. The smallest absolute Gasteiger partial charge is 0.275 e. The van der Waals surface area contributed by atoms with Gasteiger partial charge in [0.25, 0.3) is 11.8 Å². The lowest BCUT2D eigenvalue weighted by molar-refractivity contribution is 0.101. The molecule has 0 aliphatic carbocycles. The molecule has 166 valence electrons. The number of nitrogens with one attached hydrogen (secondary N) is 2. The molecule has 0 atom stereocenters. The van der Waals surface area contributed by atoms with Gasteiger partial charge in [-0.2, -0.15) is 0 Å². The van der Waals surface area contributed by atoms with Crippen molar-refractivity contribution in [1.82, 2.24) is 9.97 Å². The summed E-state index contributed by atoms with van der Waals surface area (Å²) in [6.45, 7) is 2.49. The van der Waals surface area contributed by atoms with E-state index in [1.807, 2.05) is 31.2 Å². The van der Waals surface area contributed by atoms with Gasteiger partial charge in [0.2, 0.25) is 0 Å². The van der Waals surface area contributed by atoms with Gasteiger partial charge in [-0.25, -0.2) is 9.37 Å². The Morgan fingerprint density at radius 1 is 0.970 bits per heavy atom. The fourth-order valence-electron chi connectivity index (χ4n) is 2.97. The van der Waals surface area contributed by atoms with Crippen LogP contribution in [0.2, 0.25) is 0 Å². The molecule has 0 fully saturated rings. The number of carbonyl (C=O) groups excluding carboxylic acids is 2. The zero-order valence-corrected chi connectivity index (χ0v) is 18.4. The van der Waals surface area contributed by atoms with Crippen molar-refractivity contribution in [3.63, 3.8) is 0 Å². The molecule has 7 nitrogen and oxygen atoms in total. The highest BCUT2D eigenvalue weighted by Crippen LogP contribution is 2.28. The fourth-order valence-corrected chi connectivity index (χ4v) is 3.78. The van der Waals surface area contributed by atoms with Crippen molar-refractivity contribution in [1.29, 1.82) is 0 Å². The SMILES string of the molecule is CCOc1ccc(-c2nc(C(=O)Nc3cc(F)ccc3NC(=O)c3ccccn3)cs2)cc1. The second-order valence-electron chi connectivity index (χ2n) is 6.81. The van der Waals surface area contributed by atoms with E-state index in [2.05, 4.69) is 20.6 Å². The molecule has 2 N–H and O–H groups in total. The van der Waals surface area contributed by atoms with Gasteiger partial charge in [0.1, 0.15) is 28.0 Å². The molecular formula is C24H19FN4O3S. The molecule has 2 amide bonds. The van der Waals surface area contributed by atoms with Crippen molar-refractivity contribution in [3.05, 3.63) is 89.4 Å². The molecule has 0 saturated carbocycles. The van der Waals surface area contributed by atoms with Gasteiger partial charge < -0.3 is 15.4 Å². The molecule has 0 aliphatic rings. The summed E-state index contributed by atoms with van der Waals surface area (Å²) in [6, 6.07) is 16.0. The van der Waals surface area contributed by atoms with E-state index in [1.165, 1.54) is 29.7 Å². The molecule has 0 aliphatic heterocycles. The first kappa shape index (κ1) is 22.1. The van der Waals surface area contributed by atoms with Crippen LogP contribution in [0, 0.1) is 5.82 Å². The average molecular weight is 463 g/mol. The molecule has 4 aromatic rings. The van der Waals surface area contributed by atoms with Crippen LogP contribution in [0.25, 0.3) is 10.6 Å². The molecule has 0 unspecified atom stereocenters. The topological polar surface area (TPSA) is 93.2 Å². The molecule has 0 bridgehead atoms.